The Bertz CT molecular complexity index is 642. The van der Waals surface area contributed by atoms with E-state index in [1.807, 2.05) is 0 Å². The van der Waals surface area contributed by atoms with Gasteiger partial charge >= 0.3 is 0 Å². The molecule has 0 saturated heterocycles. The van der Waals surface area contributed by atoms with Gasteiger partial charge in [0, 0.05) is 29.4 Å². The van der Waals surface area contributed by atoms with Crippen molar-refractivity contribution in [2.45, 2.75) is 18.7 Å². The van der Waals surface area contributed by atoms with E-state index in [0.29, 0.717) is 6.54 Å². The van der Waals surface area contributed by atoms with Gasteiger partial charge in [0.25, 0.3) is 20.6 Å². The molecule has 0 aliphatic rings. The predicted molar refractivity (Wildman–Crippen MR) is 68.9 cm³/mol. The number of hydrogen-bond acceptors (Lipinski definition) is 5. The molecule has 0 bridgehead atoms. The van der Waals surface area contributed by atoms with Crippen molar-refractivity contribution in [3.8, 4) is 0 Å². The molecule has 0 heterocycles. The van der Waals surface area contributed by atoms with Crippen LogP contribution in [0.25, 0.3) is 0 Å². The van der Waals surface area contributed by atoms with Gasteiger partial charge in [-0.2, -0.15) is 0 Å². The fraction of sp³-hybridized carbons (Fsp3) is 0.300. The SMILES string of the molecule is CCNC(=O)c1cc([N+](=O)[O-])cc(S(=O)(=O)Cl)c1C. The number of nitrogens with zero attached hydrogens (tertiary/aromatic N) is 1. The zero-order valence-corrected chi connectivity index (χ0v) is 11.7. The van der Waals surface area contributed by atoms with E-state index >= 15 is 0 Å². The van der Waals surface area contributed by atoms with E-state index < -0.39 is 30.5 Å². The first-order valence-corrected chi connectivity index (χ1v) is 7.51. The Morgan fingerprint density at radius 2 is 2.05 bits per heavy atom. The lowest BCUT2D eigenvalue weighted by Crippen LogP contribution is -2.24. The van der Waals surface area contributed by atoms with Crippen molar-refractivity contribution < 1.29 is 18.1 Å². The molecule has 0 fully saturated rings. The number of non-ortho nitro benzene ring substituents is 1. The van der Waals surface area contributed by atoms with Gasteiger partial charge in [-0.05, 0) is 19.4 Å². The highest BCUT2D eigenvalue weighted by molar-refractivity contribution is 8.13. The fourth-order valence-electron chi connectivity index (χ4n) is 1.52. The van der Waals surface area contributed by atoms with Crippen molar-refractivity contribution in [2.24, 2.45) is 0 Å². The number of carbonyl (C=O) groups excluding carboxylic acids is 1. The van der Waals surface area contributed by atoms with Crippen LogP contribution in [0, 0.1) is 17.0 Å². The van der Waals surface area contributed by atoms with Crippen molar-refractivity contribution in [3.63, 3.8) is 0 Å². The lowest BCUT2D eigenvalue weighted by molar-refractivity contribution is -0.385. The molecule has 1 aromatic rings. The van der Waals surface area contributed by atoms with E-state index in [0.717, 1.165) is 12.1 Å². The summed E-state index contributed by atoms with van der Waals surface area (Å²) in [5, 5.41) is 13.2. The second-order valence-corrected chi connectivity index (χ2v) is 6.21. The van der Waals surface area contributed by atoms with E-state index in [2.05, 4.69) is 5.32 Å². The van der Waals surface area contributed by atoms with Crippen molar-refractivity contribution in [2.75, 3.05) is 6.54 Å². The minimum atomic E-state index is -4.17. The topological polar surface area (TPSA) is 106 Å². The van der Waals surface area contributed by atoms with Gasteiger partial charge in [0.05, 0.1) is 15.4 Å². The maximum atomic E-state index is 11.7. The van der Waals surface area contributed by atoms with Crippen LogP contribution < -0.4 is 5.32 Å². The molecule has 0 saturated carbocycles. The van der Waals surface area contributed by atoms with E-state index in [1.54, 1.807) is 6.92 Å². The summed E-state index contributed by atoms with van der Waals surface area (Å²) >= 11 is 0. The van der Waals surface area contributed by atoms with Crippen molar-refractivity contribution in [3.05, 3.63) is 33.4 Å². The summed E-state index contributed by atoms with van der Waals surface area (Å²) in [6.07, 6.45) is 0. The van der Waals surface area contributed by atoms with Crippen LogP contribution in [-0.4, -0.2) is 25.8 Å². The smallest absolute Gasteiger partial charge is 0.271 e. The fourth-order valence-corrected chi connectivity index (χ4v) is 2.74. The summed E-state index contributed by atoms with van der Waals surface area (Å²) in [5.74, 6) is -0.592. The highest BCUT2D eigenvalue weighted by atomic mass is 35.7. The molecule has 7 nitrogen and oxygen atoms in total. The summed E-state index contributed by atoms with van der Waals surface area (Å²) in [7, 11) is 1.04. The van der Waals surface area contributed by atoms with Gasteiger partial charge in [0.1, 0.15) is 0 Å². The normalized spacial score (nSPS) is 11.1. The average molecular weight is 307 g/mol. The number of rotatable bonds is 4. The van der Waals surface area contributed by atoms with E-state index in [1.165, 1.54) is 6.92 Å². The molecule has 0 spiro atoms. The number of hydrogen-bond donors (Lipinski definition) is 1. The third-order valence-electron chi connectivity index (χ3n) is 2.40. The lowest BCUT2D eigenvalue weighted by Gasteiger charge is -2.09. The van der Waals surface area contributed by atoms with Gasteiger partial charge in [-0.25, -0.2) is 8.42 Å². The highest BCUT2D eigenvalue weighted by Crippen LogP contribution is 2.28. The first-order chi connectivity index (χ1) is 8.68. The minimum absolute atomic E-state index is 0.0755. The van der Waals surface area contributed by atoms with Gasteiger partial charge < -0.3 is 5.32 Å². The number of carbonyl (C=O) groups is 1. The Kier molecular flexibility index (Phi) is 4.48. The summed E-state index contributed by atoms with van der Waals surface area (Å²) in [4.78, 5) is 21.3. The van der Waals surface area contributed by atoms with Crippen LogP contribution in [0.1, 0.15) is 22.8 Å². The number of amides is 1. The molecule has 0 atom stereocenters. The average Bonchev–Trinajstić information content (AvgIpc) is 2.27. The maximum Gasteiger partial charge on any atom is 0.271 e. The third kappa shape index (κ3) is 3.42. The maximum absolute atomic E-state index is 11.7. The molecule has 0 aromatic heterocycles. The number of nitro groups is 1. The van der Waals surface area contributed by atoms with Gasteiger partial charge in [0.2, 0.25) is 0 Å². The Morgan fingerprint density at radius 3 is 2.47 bits per heavy atom. The molecule has 1 rings (SSSR count). The molecule has 1 amide bonds. The summed E-state index contributed by atoms with van der Waals surface area (Å²) in [6.45, 7) is 3.34. The van der Waals surface area contributed by atoms with Crippen LogP contribution in [-0.2, 0) is 9.05 Å². The number of benzene rings is 1. The summed E-state index contributed by atoms with van der Waals surface area (Å²) in [6, 6.07) is 1.85. The van der Waals surface area contributed by atoms with Gasteiger partial charge in [-0.1, -0.05) is 0 Å². The molecule has 9 heteroatoms. The molecule has 0 unspecified atom stereocenters. The first-order valence-electron chi connectivity index (χ1n) is 5.20. The molecule has 0 aliphatic carbocycles. The van der Waals surface area contributed by atoms with Crippen molar-refractivity contribution in [1.82, 2.24) is 5.32 Å². The Balaban J connectivity index is 3.60. The molecule has 1 N–H and O–H groups in total. The Morgan fingerprint density at radius 1 is 1.47 bits per heavy atom. The van der Waals surface area contributed by atoms with E-state index in [-0.39, 0.29) is 11.1 Å². The third-order valence-corrected chi connectivity index (χ3v) is 3.85. The molecule has 0 radical (unpaired) electrons. The Labute approximate surface area is 114 Å². The van der Waals surface area contributed by atoms with Gasteiger partial charge in [-0.3, -0.25) is 14.9 Å². The molecular formula is C10H11ClN2O5S. The quantitative estimate of drug-likeness (QED) is 0.516. The van der Waals surface area contributed by atoms with Crippen molar-refractivity contribution in [1.29, 1.82) is 0 Å². The largest absolute Gasteiger partial charge is 0.352 e. The lowest BCUT2D eigenvalue weighted by atomic mass is 10.1. The molecular weight excluding hydrogens is 296 g/mol. The van der Waals surface area contributed by atoms with Crippen LogP contribution >= 0.6 is 10.7 Å². The van der Waals surface area contributed by atoms with Crippen LogP contribution in [0.5, 0.6) is 0 Å². The number of nitro benzene ring substituents is 1. The monoisotopic (exact) mass is 306 g/mol. The van der Waals surface area contributed by atoms with Crippen LogP contribution in [0.4, 0.5) is 5.69 Å². The molecule has 19 heavy (non-hydrogen) atoms. The zero-order valence-electron chi connectivity index (χ0n) is 10.1. The second-order valence-electron chi connectivity index (χ2n) is 3.67. The summed E-state index contributed by atoms with van der Waals surface area (Å²) in [5.41, 5.74) is -0.520. The minimum Gasteiger partial charge on any atom is -0.352 e. The standard InChI is InChI=1S/C10H11ClN2O5S/c1-3-12-10(14)8-4-7(13(15)16)5-9(6(8)2)19(11,17)18/h4-5H,3H2,1-2H3,(H,12,14). The molecule has 1 aromatic carbocycles. The second kappa shape index (κ2) is 5.54. The van der Waals surface area contributed by atoms with Crippen molar-refractivity contribution >= 4 is 31.3 Å². The first kappa shape index (κ1) is 15.4. The van der Waals surface area contributed by atoms with Gasteiger partial charge in [0.15, 0.2) is 0 Å². The molecule has 0 aliphatic heterocycles. The van der Waals surface area contributed by atoms with E-state index in [4.69, 9.17) is 10.7 Å². The Hall–Kier alpha value is -1.67. The summed E-state index contributed by atoms with van der Waals surface area (Å²) < 4.78 is 22.7. The number of nitrogens with one attached hydrogen (secondary N) is 1. The van der Waals surface area contributed by atoms with Gasteiger partial charge in [-0.15, -0.1) is 0 Å². The van der Waals surface area contributed by atoms with E-state index in [9.17, 15) is 23.3 Å². The number of halogens is 1. The highest BCUT2D eigenvalue weighted by Gasteiger charge is 2.24. The van der Waals surface area contributed by atoms with Crippen LogP contribution in [0.3, 0.4) is 0 Å². The zero-order chi connectivity index (χ0) is 14.8. The molecule has 104 valence electrons. The predicted octanol–water partition coefficient (Wildman–Crippen LogP) is 1.58. The van der Waals surface area contributed by atoms with Crippen LogP contribution in [0.15, 0.2) is 17.0 Å². The van der Waals surface area contributed by atoms with Crippen LogP contribution in [0.2, 0.25) is 0 Å².